The molecular weight excluding hydrogens is 1600 g/mol. The maximum Gasteiger partial charge on any atom is 0.303 e. The van der Waals surface area contributed by atoms with Crippen molar-refractivity contribution < 1.29 is 47.6 Å². The molecule has 0 fully saturated rings. The molecule has 0 unspecified atom stereocenters. The monoisotopic (exact) mass is 1770 g/mol. The number of rotatable bonds is 6. The van der Waals surface area contributed by atoms with Crippen molar-refractivity contribution in [1.82, 2.24) is 15.0 Å². The van der Waals surface area contributed by atoms with Gasteiger partial charge in [-0.05, 0) is 437 Å². The van der Waals surface area contributed by atoms with Gasteiger partial charge in [0.05, 0.1) is 52.5 Å². The number of carbonyl (C=O) groups excluding carboxylic acids is 4. The Hall–Kier alpha value is -8.81. The molecule has 19 nitrogen and oxygen atoms in total. The molecule has 0 amide bonds. The van der Waals surface area contributed by atoms with Gasteiger partial charge in [0.15, 0.2) is 0 Å². The molecule has 0 radical (unpaired) electrons. The molecule has 0 saturated heterocycles. The summed E-state index contributed by atoms with van der Waals surface area (Å²) in [5.41, 5.74) is 23.6. The molecule has 0 saturated carbocycles. The summed E-state index contributed by atoms with van der Waals surface area (Å²) in [4.78, 5) is 54.3. The fraction of sp³-hybridized carbons (Fsp3) is 0.624. The van der Waals surface area contributed by atoms with Gasteiger partial charge in [-0.2, -0.15) is 0 Å². The van der Waals surface area contributed by atoms with Crippen molar-refractivity contribution in [2.45, 2.75) is 434 Å². The molecule has 720 valence electrons. The minimum Gasteiger partial charge on any atom is -0.460 e. The SMILES string of the molecule is CC(=O)OC(C)(C)C.CC(=O)OC(C)(C)C.CC(=O)OC(C)(C)C.CC(=O)OC(C)(C)C.CC(C)(C)Nc1ccc2c(c1)C=CC2.CC(C)(C)Nc1ccc2c(c1)CCC2.CC(C)(C)Nc1ccc2c(c1)CCC2.CC(C)(C)Nc1cnc2c(c1)C=CC2.CC(C)(C)Nc1cnc2c(c1)CCC2.CC(C)(C)Nc1cnc2c(c1)CCC2.COC(C)(C)C.COC(C)(C)C. The molecule has 6 aliphatic carbocycles. The Morgan fingerprint density at radius 1 is 0.258 bits per heavy atom. The summed E-state index contributed by atoms with van der Waals surface area (Å²) >= 11 is 0. The number of pyridine rings is 3. The molecule has 0 atom stereocenters. The Morgan fingerprint density at radius 2 is 0.484 bits per heavy atom. The number of anilines is 6. The second kappa shape index (κ2) is 51.7. The first kappa shape index (κ1) is 117. The van der Waals surface area contributed by atoms with Gasteiger partial charge >= 0.3 is 23.9 Å². The molecule has 0 bridgehead atoms. The van der Waals surface area contributed by atoms with E-state index in [-0.39, 0.29) is 90.7 Å². The van der Waals surface area contributed by atoms with E-state index in [0.717, 1.165) is 42.7 Å². The largest absolute Gasteiger partial charge is 0.460 e. The van der Waals surface area contributed by atoms with Crippen molar-refractivity contribution in [3.63, 3.8) is 0 Å². The van der Waals surface area contributed by atoms with E-state index < -0.39 is 0 Å². The van der Waals surface area contributed by atoms with Crippen molar-refractivity contribution in [2.75, 3.05) is 46.1 Å². The first-order valence-electron chi connectivity index (χ1n) is 46.3. The second-order valence-electron chi connectivity index (χ2n) is 45.6. The van der Waals surface area contributed by atoms with E-state index in [1.807, 2.05) is 143 Å². The first-order valence-corrected chi connectivity index (χ1v) is 46.3. The molecule has 12 rings (SSSR count). The van der Waals surface area contributed by atoms with Crippen molar-refractivity contribution in [3.8, 4) is 0 Å². The Kier molecular flexibility index (Phi) is 47.3. The highest BCUT2D eigenvalue weighted by Gasteiger charge is 2.23. The number of nitrogens with one attached hydrogen (secondary N) is 6. The lowest BCUT2D eigenvalue weighted by atomic mass is 10.1. The summed E-state index contributed by atoms with van der Waals surface area (Å²) in [5.74, 6) is -0.898. The molecule has 3 heterocycles. The third-order valence-electron chi connectivity index (χ3n) is 17.6. The maximum absolute atomic E-state index is 10.2. The van der Waals surface area contributed by atoms with Crippen LogP contribution in [0, 0.1) is 0 Å². The van der Waals surface area contributed by atoms with Crippen LogP contribution in [0.25, 0.3) is 12.2 Å². The minimum atomic E-state index is -0.328. The summed E-state index contributed by atoms with van der Waals surface area (Å²) < 4.78 is 29.1. The van der Waals surface area contributed by atoms with E-state index in [9.17, 15) is 19.2 Å². The van der Waals surface area contributed by atoms with Crippen LogP contribution in [-0.2, 0) is 112 Å². The fourth-order valence-electron chi connectivity index (χ4n) is 13.1. The third kappa shape index (κ3) is 60.9. The molecule has 128 heavy (non-hydrogen) atoms. The van der Waals surface area contributed by atoms with Gasteiger partial charge in [0.2, 0.25) is 0 Å². The Labute approximate surface area is 778 Å². The van der Waals surface area contributed by atoms with Crippen LogP contribution in [0.4, 0.5) is 34.1 Å². The summed E-state index contributed by atoms with van der Waals surface area (Å²) in [6.45, 7) is 79.0. The zero-order valence-corrected chi connectivity index (χ0v) is 88.3. The van der Waals surface area contributed by atoms with E-state index in [4.69, 9.17) is 28.4 Å². The average molecular weight is 1780 g/mol. The highest BCUT2D eigenvalue weighted by Crippen LogP contribution is 2.32. The highest BCUT2D eigenvalue weighted by atomic mass is 16.6. The van der Waals surface area contributed by atoms with Crippen LogP contribution < -0.4 is 31.9 Å². The van der Waals surface area contributed by atoms with Gasteiger partial charge in [-0.15, -0.1) is 0 Å². The molecule has 6 aliphatic rings. The number of hydrogen-bond donors (Lipinski definition) is 6. The Morgan fingerprint density at radius 3 is 0.766 bits per heavy atom. The second-order valence-corrected chi connectivity index (χ2v) is 45.6. The lowest BCUT2D eigenvalue weighted by Gasteiger charge is -2.22. The van der Waals surface area contributed by atoms with Crippen molar-refractivity contribution in [1.29, 1.82) is 0 Å². The van der Waals surface area contributed by atoms with E-state index >= 15 is 0 Å². The number of nitrogens with zero attached hydrogens (tertiary/aromatic N) is 3. The lowest BCUT2D eigenvalue weighted by Crippen LogP contribution is -2.26. The Bertz CT molecular complexity index is 3930. The zero-order chi connectivity index (χ0) is 98.6. The van der Waals surface area contributed by atoms with Crippen LogP contribution in [0.1, 0.15) is 370 Å². The zero-order valence-electron chi connectivity index (χ0n) is 88.3. The van der Waals surface area contributed by atoms with Gasteiger partial charge in [-0.3, -0.25) is 34.1 Å². The van der Waals surface area contributed by atoms with Gasteiger partial charge in [-0.25, -0.2) is 0 Å². The number of esters is 4. The number of carbonyl (C=O) groups is 4. The summed E-state index contributed by atoms with van der Waals surface area (Å²) in [6, 6.07) is 26.8. The van der Waals surface area contributed by atoms with Gasteiger partial charge < -0.3 is 60.3 Å². The van der Waals surface area contributed by atoms with Crippen LogP contribution in [0.2, 0.25) is 0 Å². The van der Waals surface area contributed by atoms with Gasteiger partial charge in [0.25, 0.3) is 0 Å². The molecular formula is C109H179N9O10. The quantitative estimate of drug-likeness (QED) is 0.0672. The number of methoxy groups -OCH3 is 2. The van der Waals surface area contributed by atoms with Gasteiger partial charge in [-0.1, -0.05) is 42.5 Å². The van der Waals surface area contributed by atoms with Crippen molar-refractivity contribution in [2.24, 2.45) is 0 Å². The topological polar surface area (TPSA) is 235 Å². The summed E-state index contributed by atoms with van der Waals surface area (Å²) in [7, 11) is 3.42. The molecule has 3 aromatic heterocycles. The normalized spacial score (nSPS) is 13.7. The van der Waals surface area contributed by atoms with Crippen LogP contribution in [0.3, 0.4) is 0 Å². The number of benzene rings is 3. The van der Waals surface area contributed by atoms with E-state index in [1.165, 1.54) is 154 Å². The predicted molar refractivity (Wildman–Crippen MR) is 545 cm³/mol. The molecule has 3 aromatic carbocycles. The van der Waals surface area contributed by atoms with Crippen LogP contribution in [0.15, 0.2) is 104 Å². The predicted octanol–water partition coefficient (Wildman–Crippen LogP) is 26.9. The number of allylic oxidation sites excluding steroid dienone is 2. The smallest absolute Gasteiger partial charge is 0.303 e. The van der Waals surface area contributed by atoms with Crippen molar-refractivity contribution >= 4 is 70.2 Å². The Balaban J connectivity index is 0.000000707. The van der Waals surface area contributed by atoms with Crippen LogP contribution in [-0.4, -0.2) is 120 Å². The first-order chi connectivity index (χ1) is 58.1. The van der Waals surface area contributed by atoms with E-state index in [0.29, 0.717) is 0 Å². The van der Waals surface area contributed by atoms with Gasteiger partial charge in [0, 0.05) is 110 Å². The maximum atomic E-state index is 10.2. The number of aryl methyl sites for hydroxylation is 8. The van der Waals surface area contributed by atoms with E-state index in [1.54, 1.807) is 36.5 Å². The number of ether oxygens (including phenoxy) is 6. The molecule has 0 spiro atoms. The molecule has 6 N–H and O–H groups in total. The standard InChI is InChI=1S/2C13H19N.C13H17N.2C12H18N2.C12H16N2.4C6H12O2.2C5H12O/c3*1-13(2,3)14-12-8-7-10-5-4-6-11(10)9-12;3*1-12(2,3)14-10-7-9-5-4-6-11(9)13-8-10;4*1-5(7)8-6(2,3)4;2*1-5(2,3)6-4/h2*7-9,14H,4-6H2,1-3H3;4,6-9,14H,5H2,1-3H3;2*7-8,14H,4-6H2,1-3H3;4-5,7-8,14H,6H2,1-3H3;4*1-4H3;2*1-4H3. The summed E-state index contributed by atoms with van der Waals surface area (Å²) in [6.07, 6.45) is 31.5. The minimum absolute atomic E-state index is 0.0417. The molecule has 0 aliphatic heterocycles. The highest BCUT2D eigenvalue weighted by molar-refractivity contribution is 5.69. The van der Waals surface area contributed by atoms with E-state index in [2.05, 4.69) is 269 Å². The average Bonchev–Trinajstić information content (AvgIpc) is 1.70. The van der Waals surface area contributed by atoms with Crippen LogP contribution >= 0.6 is 0 Å². The molecule has 19 heteroatoms. The molecule has 6 aromatic rings. The third-order valence-corrected chi connectivity index (χ3v) is 17.6. The number of fused-ring (bicyclic) bond motifs is 6. The fourth-order valence-corrected chi connectivity index (χ4v) is 13.1. The van der Waals surface area contributed by atoms with Crippen LogP contribution in [0.5, 0.6) is 0 Å². The number of aromatic nitrogens is 3. The van der Waals surface area contributed by atoms with Crippen molar-refractivity contribution in [3.05, 3.63) is 171 Å². The number of hydrogen-bond acceptors (Lipinski definition) is 19. The lowest BCUT2D eigenvalue weighted by molar-refractivity contribution is -0.153. The summed E-state index contributed by atoms with van der Waals surface area (Å²) in [5, 5.41) is 20.8. The van der Waals surface area contributed by atoms with Gasteiger partial charge in [0.1, 0.15) is 22.4 Å².